The van der Waals surface area contributed by atoms with Crippen LogP contribution in [0.25, 0.3) is 0 Å². The molecule has 0 unspecified atom stereocenters. The zero-order chi connectivity index (χ0) is 71.3. The number of ether oxygens (including phenoxy) is 9. The van der Waals surface area contributed by atoms with Crippen molar-refractivity contribution in [3.8, 4) is 17.2 Å². The number of fused-ring (bicyclic) bond motifs is 3. The quantitative estimate of drug-likeness (QED) is 0.0202. The molecule has 4 atom stereocenters. The van der Waals surface area contributed by atoms with Crippen LogP contribution in [0, 0.1) is 11.8 Å². The Labute approximate surface area is 651 Å². The molecule has 5 N–H and O–H groups in total. The molecule has 3 amide bonds. The molecule has 566 valence electrons. The summed E-state index contributed by atoms with van der Waals surface area (Å²) in [4.78, 5) is 87.1. The number of carbonyl (C=O) groups excluding carboxylic acids is 7. The third-order valence-corrected chi connectivity index (χ3v) is 19.5. The van der Waals surface area contributed by atoms with Crippen molar-refractivity contribution in [1.82, 2.24) is 25.9 Å². The van der Waals surface area contributed by atoms with Crippen molar-refractivity contribution in [3.63, 3.8) is 0 Å². The topological polar surface area (TPSA) is 286 Å². The number of aliphatic hydroxyl groups is 1. The minimum atomic E-state index is -0.585. The number of hydrogen-bond acceptors (Lipinski definition) is 20. The van der Waals surface area contributed by atoms with Crippen LogP contribution in [0.2, 0.25) is 0 Å². The van der Waals surface area contributed by atoms with E-state index < -0.39 is 11.9 Å². The van der Waals surface area contributed by atoms with Gasteiger partial charge in [-0.05, 0) is 123 Å². The van der Waals surface area contributed by atoms with E-state index in [2.05, 4.69) is 81.7 Å². The van der Waals surface area contributed by atoms with Gasteiger partial charge in [-0.15, -0.1) is 0 Å². The Kier molecular flexibility index (Phi) is 44.0. The lowest BCUT2D eigenvalue weighted by molar-refractivity contribution is -0.142. The molecule has 10 rings (SSSR count). The van der Waals surface area contributed by atoms with E-state index in [9.17, 15) is 33.6 Å². The number of hydroxylamine groups is 1. The van der Waals surface area contributed by atoms with Crippen molar-refractivity contribution < 1.29 is 86.5 Å². The molecule has 5 aromatic rings. The van der Waals surface area contributed by atoms with Crippen LogP contribution in [0.3, 0.4) is 0 Å². The molecule has 23 nitrogen and oxygen atoms in total. The summed E-state index contributed by atoms with van der Waals surface area (Å²) < 4.78 is 48.7. The summed E-state index contributed by atoms with van der Waals surface area (Å²) in [6.45, 7) is 14.8. The average Bonchev–Trinajstić information content (AvgIpc) is 1.65. The maximum Gasteiger partial charge on any atom is 0.337 e. The van der Waals surface area contributed by atoms with E-state index in [1.54, 1.807) is 72.2 Å². The third-order valence-electron chi connectivity index (χ3n) is 17.4. The van der Waals surface area contributed by atoms with Crippen LogP contribution in [0.4, 0.5) is 0 Å². The number of esters is 4. The van der Waals surface area contributed by atoms with Gasteiger partial charge in [0.25, 0.3) is 5.91 Å². The Balaban J connectivity index is 0.000000437. The summed E-state index contributed by atoms with van der Waals surface area (Å²) in [7, 11) is 5.47. The molecule has 5 aliphatic heterocycles. The van der Waals surface area contributed by atoms with Crippen LogP contribution in [0.15, 0.2) is 99.9 Å². The fourth-order valence-corrected chi connectivity index (χ4v) is 13.0. The molecule has 0 bridgehead atoms. The van der Waals surface area contributed by atoms with Crippen LogP contribution < -0.4 is 30.3 Å². The van der Waals surface area contributed by atoms with Gasteiger partial charge in [-0.1, -0.05) is 106 Å². The highest BCUT2D eigenvalue weighted by molar-refractivity contribution is 9.11. The lowest BCUT2D eigenvalue weighted by atomic mass is 9.97. The van der Waals surface area contributed by atoms with Crippen molar-refractivity contribution in [1.29, 1.82) is 0 Å². The van der Waals surface area contributed by atoms with Crippen molar-refractivity contribution in [3.05, 3.63) is 156 Å². The minimum absolute atomic E-state index is 0. The maximum atomic E-state index is 13.0. The number of amides is 3. The Bertz CT molecular complexity index is 3370. The SMILES string of the molecule is CC[C@@H](CO)NCc1ccc(C(=O)OC)cc1Br.CC[C@H]1COc2cc(C(=O)NO)ccc2CN1C(=O)C1CCOCC1.CC[C@H]1COc2cc(C(=O)OC)ccc2CN1.CC[C@H]1COc2cc(C(=O)OC)ccc2CN1C(=O)C1CCOCC1.COC(=O)c1ccc(CBr)c(Br)c1.S.S.S.S. The number of benzene rings is 5. The van der Waals surface area contributed by atoms with Gasteiger partial charge in [0.05, 0.1) is 69.4 Å². The number of nitrogens with one attached hydrogen (secondary N) is 3. The molecule has 0 saturated carbocycles. The third kappa shape index (κ3) is 27.1. The van der Waals surface area contributed by atoms with Gasteiger partial charge in [-0.2, -0.15) is 54.0 Å². The van der Waals surface area contributed by atoms with Crippen LogP contribution in [-0.2, 0) is 69.5 Å². The van der Waals surface area contributed by atoms with E-state index in [4.69, 9.17) is 43.5 Å². The summed E-state index contributed by atoms with van der Waals surface area (Å²) in [6.07, 6.45) is 6.59. The maximum absolute atomic E-state index is 13.0. The first-order valence-electron chi connectivity index (χ1n) is 32.8. The van der Waals surface area contributed by atoms with E-state index in [0.717, 1.165) is 106 Å². The van der Waals surface area contributed by atoms with Gasteiger partial charge in [0.1, 0.15) is 37.1 Å². The highest BCUT2D eigenvalue weighted by Crippen LogP contribution is 2.33. The smallest absolute Gasteiger partial charge is 0.337 e. The predicted octanol–water partition coefficient (Wildman–Crippen LogP) is 11.5. The molecule has 0 radical (unpaired) electrons. The first-order chi connectivity index (χ1) is 47.3. The van der Waals surface area contributed by atoms with Crippen LogP contribution in [0.1, 0.15) is 159 Å². The zero-order valence-electron chi connectivity index (χ0n) is 58.9. The first kappa shape index (κ1) is 92.5. The molecule has 2 fully saturated rings. The minimum Gasteiger partial charge on any atom is -0.492 e. The van der Waals surface area contributed by atoms with Crippen molar-refractivity contribution in [2.75, 3.05) is 81.3 Å². The summed E-state index contributed by atoms with van der Waals surface area (Å²) in [5.74, 6) is 0.409. The Hall–Kier alpha value is -5.61. The fraction of sp³-hybridized carbons (Fsp3) is 0.486. The van der Waals surface area contributed by atoms with Gasteiger partial charge < -0.3 is 68.2 Å². The highest BCUT2D eigenvalue weighted by Gasteiger charge is 2.35. The van der Waals surface area contributed by atoms with E-state index in [0.29, 0.717) is 111 Å². The predicted molar refractivity (Wildman–Crippen MR) is 418 cm³/mol. The molecule has 0 aromatic heterocycles. The first-order valence-corrected chi connectivity index (χ1v) is 35.5. The normalized spacial score (nSPS) is 16.9. The van der Waals surface area contributed by atoms with Gasteiger partial charge in [0, 0.05) is 113 Å². The van der Waals surface area contributed by atoms with E-state index in [1.165, 1.54) is 28.4 Å². The number of carbonyl (C=O) groups is 7. The van der Waals surface area contributed by atoms with E-state index in [1.807, 2.05) is 47.9 Å². The fourth-order valence-electron chi connectivity index (χ4n) is 11.1. The summed E-state index contributed by atoms with van der Waals surface area (Å²) in [5.41, 5.74) is 9.00. The second-order valence-corrected chi connectivity index (χ2v) is 25.8. The molecule has 0 spiro atoms. The van der Waals surface area contributed by atoms with Crippen LogP contribution in [-0.4, -0.2) is 167 Å². The molecular formula is C72H100Br3N5O18S4. The number of methoxy groups -OCH3 is 4. The second-order valence-electron chi connectivity index (χ2n) is 23.5. The average molecular weight is 1690 g/mol. The van der Waals surface area contributed by atoms with Gasteiger partial charge in [0.15, 0.2) is 0 Å². The van der Waals surface area contributed by atoms with Gasteiger partial charge >= 0.3 is 23.9 Å². The molecular weight excluding hydrogens is 1590 g/mol. The molecule has 5 heterocycles. The lowest BCUT2D eigenvalue weighted by Crippen LogP contribution is -2.45. The van der Waals surface area contributed by atoms with E-state index >= 15 is 0 Å². The summed E-state index contributed by atoms with van der Waals surface area (Å²) >= 11 is 10.1. The molecule has 0 aliphatic carbocycles. The molecule has 30 heteroatoms. The van der Waals surface area contributed by atoms with Gasteiger partial charge in [0.2, 0.25) is 11.8 Å². The number of hydrogen-bond donors (Lipinski definition) is 5. The largest absolute Gasteiger partial charge is 0.492 e. The Morgan fingerprint density at radius 3 is 1.30 bits per heavy atom. The standard InChI is InChI=1S/C19H25NO5.C18H24N2O5.C13H18BrNO3.C13H17NO3.C9H8Br2O2.4H2S/c1-3-16-12-25-17-10-14(19(22)23-2)4-5-15(17)11-20(16)18(21)13-6-8-24-9-7-13;1-2-15-11-25-16-9-13(17(21)19-23)3-4-14(16)10-20(15)18(22)12-5-7-24-8-6-12;1-3-11(8-16)15-7-10-5-4-9(6-12(10)14)13(17)18-2;1-3-11-8-17-12-6-9(13(15)16-2)4-5-10(12)7-14-11;1-13-9(12)6-2-3-7(5-10)8(11)4-6;;;;/h4-5,10,13,16H,3,6-9,11-12H2,1-2H3;3-4,9,12,15,23H,2,5-8,10-11H2,1H3,(H,19,21);4-6,11,15-16H,3,7-8H2,1-2H3;4-6,11,14H,3,7-8H2,1-2H3;2-4H,5H2,1H3;4*1H2/t16-;15-;2*11-;;;;;/m0000...../s1. The summed E-state index contributed by atoms with van der Waals surface area (Å²) in [5, 5.41) is 25.3. The van der Waals surface area contributed by atoms with Crippen LogP contribution in [0.5, 0.6) is 17.2 Å². The van der Waals surface area contributed by atoms with Crippen molar-refractivity contribution in [2.24, 2.45) is 11.8 Å². The van der Waals surface area contributed by atoms with E-state index in [-0.39, 0.29) is 120 Å². The molecule has 102 heavy (non-hydrogen) atoms. The second kappa shape index (κ2) is 48.5. The highest BCUT2D eigenvalue weighted by atomic mass is 79.9. The monoisotopic (exact) mass is 1690 g/mol. The Morgan fingerprint density at radius 2 is 0.922 bits per heavy atom. The lowest BCUT2D eigenvalue weighted by Gasteiger charge is -2.33. The van der Waals surface area contributed by atoms with Crippen LogP contribution >= 0.6 is 102 Å². The number of nitrogens with zero attached hydrogens (tertiary/aromatic N) is 2. The molecule has 2 saturated heterocycles. The zero-order valence-corrected chi connectivity index (χ0v) is 67.7. The van der Waals surface area contributed by atoms with Gasteiger partial charge in [-0.3, -0.25) is 19.6 Å². The number of rotatable bonds is 16. The van der Waals surface area contributed by atoms with Crippen molar-refractivity contribution in [2.45, 2.75) is 135 Å². The number of halogens is 3. The van der Waals surface area contributed by atoms with Gasteiger partial charge in [-0.25, -0.2) is 24.7 Å². The number of aliphatic hydroxyl groups excluding tert-OH is 1. The molecule has 5 aromatic carbocycles. The number of alkyl halides is 1. The summed E-state index contributed by atoms with van der Waals surface area (Å²) in [6, 6.07) is 26.9. The Morgan fingerprint density at radius 1 is 0.539 bits per heavy atom. The molecule has 5 aliphatic rings. The van der Waals surface area contributed by atoms with Crippen molar-refractivity contribution >= 4 is 143 Å².